The number of amides is 1. The highest BCUT2D eigenvalue weighted by molar-refractivity contribution is 7.13. The zero-order valence-electron chi connectivity index (χ0n) is 16.6. The molecular formula is C22H24FN5OS. The van der Waals surface area contributed by atoms with Crippen molar-refractivity contribution < 1.29 is 9.18 Å². The number of carbonyl (C=O) groups excluding carboxylic acids is 1. The topological polar surface area (TPSA) is 61.4 Å². The predicted molar refractivity (Wildman–Crippen MR) is 117 cm³/mol. The molecule has 0 bridgehead atoms. The van der Waals surface area contributed by atoms with Crippen molar-refractivity contribution in [2.45, 2.75) is 6.42 Å². The van der Waals surface area contributed by atoms with Gasteiger partial charge in [0.25, 0.3) is 5.91 Å². The molecule has 2 aromatic heterocycles. The maximum Gasteiger partial charge on any atom is 0.270 e. The molecule has 0 aliphatic carbocycles. The quantitative estimate of drug-likeness (QED) is 0.589. The third-order valence-corrected chi connectivity index (χ3v) is 6.06. The maximum atomic E-state index is 13.1. The largest absolute Gasteiger partial charge is 0.369 e. The van der Waals surface area contributed by atoms with Crippen molar-refractivity contribution in [2.24, 2.45) is 0 Å². The molecule has 0 spiro atoms. The van der Waals surface area contributed by atoms with Crippen molar-refractivity contribution >= 4 is 22.9 Å². The van der Waals surface area contributed by atoms with Crippen molar-refractivity contribution in [3.8, 4) is 10.6 Å². The predicted octanol–water partition coefficient (Wildman–Crippen LogP) is 3.29. The highest BCUT2D eigenvalue weighted by Crippen LogP contribution is 2.22. The van der Waals surface area contributed by atoms with Crippen molar-refractivity contribution in [3.63, 3.8) is 0 Å². The number of piperazine rings is 1. The van der Waals surface area contributed by atoms with Gasteiger partial charge in [-0.1, -0.05) is 0 Å². The number of benzene rings is 1. The number of hydrogen-bond acceptors (Lipinski definition) is 6. The molecular weight excluding hydrogens is 401 g/mol. The third kappa shape index (κ3) is 5.20. The standard InChI is InChI=1S/C22H24FN5OS/c23-18-2-4-19(5-3-18)28-14-12-27(13-15-28)11-1-8-25-21(29)20-16-30-22(26-20)17-6-9-24-10-7-17/h2-7,9-10,16H,1,8,11-15H2,(H,25,29). The normalized spacial score (nSPS) is 14.6. The summed E-state index contributed by atoms with van der Waals surface area (Å²) in [5.74, 6) is -0.335. The average Bonchev–Trinajstić information content (AvgIpc) is 3.29. The van der Waals surface area contributed by atoms with Gasteiger partial charge in [-0.3, -0.25) is 14.7 Å². The highest BCUT2D eigenvalue weighted by atomic mass is 32.1. The maximum absolute atomic E-state index is 13.1. The Bertz CT molecular complexity index is 955. The summed E-state index contributed by atoms with van der Waals surface area (Å²) in [6.45, 7) is 5.35. The van der Waals surface area contributed by atoms with Crippen LogP contribution >= 0.6 is 11.3 Å². The number of halogens is 1. The molecule has 1 N–H and O–H groups in total. The van der Waals surface area contributed by atoms with Gasteiger partial charge in [-0.25, -0.2) is 9.37 Å². The van der Waals surface area contributed by atoms with Gasteiger partial charge in [-0.05, 0) is 49.4 Å². The monoisotopic (exact) mass is 425 g/mol. The Morgan fingerprint density at radius 1 is 1.07 bits per heavy atom. The summed E-state index contributed by atoms with van der Waals surface area (Å²) < 4.78 is 13.1. The van der Waals surface area contributed by atoms with Crippen LogP contribution in [0.15, 0.2) is 54.2 Å². The van der Waals surface area contributed by atoms with Crippen LogP contribution < -0.4 is 10.2 Å². The first-order valence-electron chi connectivity index (χ1n) is 10.1. The Kier molecular flexibility index (Phi) is 6.66. The van der Waals surface area contributed by atoms with Gasteiger partial charge >= 0.3 is 0 Å². The van der Waals surface area contributed by atoms with E-state index in [1.807, 2.05) is 24.3 Å². The summed E-state index contributed by atoms with van der Waals surface area (Å²) in [7, 11) is 0. The molecule has 0 radical (unpaired) electrons. The van der Waals surface area contributed by atoms with E-state index in [1.54, 1.807) is 17.8 Å². The highest BCUT2D eigenvalue weighted by Gasteiger charge is 2.17. The zero-order chi connectivity index (χ0) is 20.8. The van der Waals surface area contributed by atoms with Crippen LogP contribution in [0.1, 0.15) is 16.9 Å². The fourth-order valence-corrected chi connectivity index (χ4v) is 4.29. The van der Waals surface area contributed by atoms with Gasteiger partial charge < -0.3 is 10.2 Å². The number of hydrogen-bond donors (Lipinski definition) is 1. The lowest BCUT2D eigenvalue weighted by Gasteiger charge is -2.36. The molecule has 30 heavy (non-hydrogen) atoms. The third-order valence-electron chi connectivity index (χ3n) is 5.16. The number of thiazole rings is 1. The minimum atomic E-state index is -0.203. The van der Waals surface area contributed by atoms with Crippen molar-refractivity contribution in [2.75, 3.05) is 44.2 Å². The summed E-state index contributed by atoms with van der Waals surface area (Å²) in [6.07, 6.45) is 4.33. The van der Waals surface area contributed by atoms with Gasteiger partial charge in [0.15, 0.2) is 0 Å². The van der Waals surface area contributed by atoms with Crippen LogP contribution in [0.4, 0.5) is 10.1 Å². The second-order valence-corrected chi connectivity index (χ2v) is 8.05. The van der Waals surface area contributed by atoms with E-state index >= 15 is 0 Å². The Hall–Kier alpha value is -2.84. The van der Waals surface area contributed by atoms with Crippen molar-refractivity contribution in [1.29, 1.82) is 0 Å². The molecule has 8 heteroatoms. The van der Waals surface area contributed by atoms with Crippen LogP contribution in [-0.2, 0) is 0 Å². The fourth-order valence-electron chi connectivity index (χ4n) is 3.48. The molecule has 1 aliphatic heterocycles. The Balaban J connectivity index is 1.17. The SMILES string of the molecule is O=C(NCCCN1CCN(c2ccc(F)cc2)CC1)c1csc(-c2ccncc2)n1. The number of rotatable bonds is 7. The van der Waals surface area contributed by atoms with Crippen LogP contribution in [0, 0.1) is 5.82 Å². The Morgan fingerprint density at radius 3 is 2.53 bits per heavy atom. The van der Waals surface area contributed by atoms with Gasteiger partial charge in [-0.15, -0.1) is 11.3 Å². The van der Waals surface area contributed by atoms with Gasteiger partial charge in [-0.2, -0.15) is 0 Å². The number of pyridine rings is 1. The second kappa shape index (κ2) is 9.77. The van der Waals surface area contributed by atoms with Crippen LogP contribution in [0.2, 0.25) is 0 Å². The zero-order valence-corrected chi connectivity index (χ0v) is 17.4. The van der Waals surface area contributed by atoms with Gasteiger partial charge in [0.1, 0.15) is 16.5 Å². The lowest BCUT2D eigenvalue weighted by Crippen LogP contribution is -2.47. The van der Waals surface area contributed by atoms with E-state index in [0.717, 1.165) is 55.4 Å². The minimum absolute atomic E-state index is 0.132. The smallest absolute Gasteiger partial charge is 0.270 e. The molecule has 3 heterocycles. The van der Waals surface area contributed by atoms with E-state index in [2.05, 4.69) is 25.1 Å². The Labute approximate surface area is 179 Å². The Morgan fingerprint density at radius 2 is 1.80 bits per heavy atom. The van der Waals surface area contributed by atoms with Gasteiger partial charge in [0.2, 0.25) is 0 Å². The molecule has 4 rings (SSSR count). The molecule has 0 unspecified atom stereocenters. The second-order valence-electron chi connectivity index (χ2n) is 7.19. The van der Waals surface area contributed by atoms with E-state index in [-0.39, 0.29) is 11.7 Å². The fraction of sp³-hybridized carbons (Fsp3) is 0.318. The molecule has 0 saturated carbocycles. The van der Waals surface area contributed by atoms with E-state index in [0.29, 0.717) is 12.2 Å². The summed E-state index contributed by atoms with van der Waals surface area (Å²) in [5.41, 5.74) is 2.49. The summed E-state index contributed by atoms with van der Waals surface area (Å²) in [6, 6.07) is 10.4. The molecule has 6 nitrogen and oxygen atoms in total. The van der Waals surface area contributed by atoms with E-state index in [4.69, 9.17) is 0 Å². The van der Waals surface area contributed by atoms with Crippen LogP contribution in [-0.4, -0.2) is 60.0 Å². The minimum Gasteiger partial charge on any atom is -0.369 e. The number of carbonyl (C=O) groups is 1. The summed E-state index contributed by atoms with van der Waals surface area (Å²) >= 11 is 1.46. The molecule has 1 amide bonds. The van der Waals surface area contributed by atoms with Crippen LogP contribution in [0.3, 0.4) is 0 Å². The lowest BCUT2D eigenvalue weighted by molar-refractivity contribution is 0.0947. The molecule has 3 aromatic rings. The first kappa shape index (κ1) is 20.4. The summed E-state index contributed by atoms with van der Waals surface area (Å²) in [4.78, 5) is 25.4. The van der Waals surface area contributed by atoms with Gasteiger partial charge in [0.05, 0.1) is 0 Å². The number of nitrogens with zero attached hydrogens (tertiary/aromatic N) is 4. The molecule has 1 saturated heterocycles. The van der Waals surface area contributed by atoms with Crippen molar-refractivity contribution in [3.05, 3.63) is 65.7 Å². The molecule has 1 fully saturated rings. The van der Waals surface area contributed by atoms with E-state index in [1.165, 1.54) is 23.5 Å². The van der Waals surface area contributed by atoms with E-state index < -0.39 is 0 Å². The van der Waals surface area contributed by atoms with E-state index in [9.17, 15) is 9.18 Å². The van der Waals surface area contributed by atoms with Crippen LogP contribution in [0.5, 0.6) is 0 Å². The molecule has 1 aromatic carbocycles. The first-order chi connectivity index (χ1) is 14.7. The first-order valence-corrected chi connectivity index (χ1v) is 10.9. The molecule has 0 atom stereocenters. The molecule has 156 valence electrons. The summed E-state index contributed by atoms with van der Waals surface area (Å²) in [5, 5.41) is 5.58. The average molecular weight is 426 g/mol. The number of nitrogens with one attached hydrogen (secondary N) is 1. The lowest BCUT2D eigenvalue weighted by atomic mass is 10.2. The number of aromatic nitrogens is 2. The molecule has 1 aliphatic rings. The van der Waals surface area contributed by atoms with Crippen molar-refractivity contribution in [1.82, 2.24) is 20.2 Å². The number of anilines is 1. The van der Waals surface area contributed by atoms with Crippen LogP contribution in [0.25, 0.3) is 10.6 Å². The van der Waals surface area contributed by atoms with Gasteiger partial charge in [0, 0.05) is 61.7 Å².